The van der Waals surface area contributed by atoms with Gasteiger partial charge in [-0.1, -0.05) is 66.9 Å². The van der Waals surface area contributed by atoms with E-state index in [4.69, 9.17) is 0 Å². The molecule has 0 aromatic carbocycles. The van der Waals surface area contributed by atoms with E-state index >= 15 is 0 Å². The zero-order valence-electron chi connectivity index (χ0n) is 23.0. The van der Waals surface area contributed by atoms with Crippen molar-refractivity contribution < 1.29 is 19.5 Å². The monoisotopic (exact) mass is 479 g/mol. The number of amides is 2. The van der Waals surface area contributed by atoms with Gasteiger partial charge < -0.3 is 15.3 Å². The van der Waals surface area contributed by atoms with E-state index in [1.807, 2.05) is 34.6 Å². The first-order valence-corrected chi connectivity index (χ1v) is 13.0. The molecule has 1 unspecified atom stereocenters. The fourth-order valence-electron chi connectivity index (χ4n) is 4.74. The van der Waals surface area contributed by atoms with Crippen molar-refractivity contribution in [2.75, 3.05) is 13.6 Å². The van der Waals surface area contributed by atoms with E-state index in [0.29, 0.717) is 6.04 Å². The maximum absolute atomic E-state index is 13.7. The maximum Gasteiger partial charge on any atom is 0.331 e. The van der Waals surface area contributed by atoms with Crippen LogP contribution >= 0.6 is 0 Å². The second kappa shape index (κ2) is 13.3. The summed E-state index contributed by atoms with van der Waals surface area (Å²) in [6.45, 7) is 16.6. The summed E-state index contributed by atoms with van der Waals surface area (Å²) in [6.07, 6.45) is 7.88. The summed E-state index contributed by atoms with van der Waals surface area (Å²) in [7, 11) is 1.70. The first-order chi connectivity index (χ1) is 15.7. The van der Waals surface area contributed by atoms with E-state index in [9.17, 15) is 19.5 Å². The number of carboxylic acids is 1. The molecule has 34 heavy (non-hydrogen) atoms. The Morgan fingerprint density at radius 3 is 2.29 bits per heavy atom. The van der Waals surface area contributed by atoms with Crippen LogP contribution in [0.25, 0.3) is 0 Å². The van der Waals surface area contributed by atoms with Crippen LogP contribution in [-0.2, 0) is 14.4 Å². The lowest BCUT2D eigenvalue weighted by Crippen LogP contribution is -2.60. The molecular weight excluding hydrogens is 430 g/mol. The van der Waals surface area contributed by atoms with Gasteiger partial charge in [-0.15, -0.1) is 0 Å². The molecule has 1 rings (SSSR count). The lowest BCUT2D eigenvalue weighted by atomic mass is 9.84. The SMILES string of the molecule is CCCCC(C)N1CCCC[C@@H]1C(=O)N[C@H](C(=O)N(C)[C@H](C=C(C)C(=O)O)C(C)C)C(C)(C)C. The molecule has 0 aliphatic carbocycles. The maximum atomic E-state index is 13.7. The van der Waals surface area contributed by atoms with Crippen LogP contribution in [0.4, 0.5) is 0 Å². The molecule has 0 bridgehead atoms. The van der Waals surface area contributed by atoms with Gasteiger partial charge in [0.25, 0.3) is 0 Å². The standard InChI is InChI=1S/C27H49N3O4/c1-10-11-14-20(5)30-16-13-12-15-21(30)24(31)28-23(27(6,7)8)25(32)29(9)22(18(2)3)17-19(4)26(33)34/h17-18,20-23H,10-16H2,1-9H3,(H,28,31)(H,33,34)/t20?,21-,22-,23-/m1/s1. The molecule has 1 heterocycles. The second-order valence-corrected chi connectivity index (χ2v) is 11.4. The molecule has 4 atom stereocenters. The number of rotatable bonds is 11. The topological polar surface area (TPSA) is 90.0 Å². The molecule has 0 aromatic heterocycles. The third-order valence-electron chi connectivity index (χ3n) is 7.02. The van der Waals surface area contributed by atoms with E-state index in [2.05, 4.69) is 24.1 Å². The Morgan fingerprint density at radius 2 is 1.79 bits per heavy atom. The molecule has 7 heteroatoms. The van der Waals surface area contributed by atoms with Gasteiger partial charge in [0, 0.05) is 18.7 Å². The minimum Gasteiger partial charge on any atom is -0.478 e. The number of piperidine rings is 1. The molecule has 1 aliphatic heterocycles. The molecule has 2 N–H and O–H groups in total. The summed E-state index contributed by atoms with van der Waals surface area (Å²) in [5, 5.41) is 12.4. The molecule has 1 saturated heterocycles. The van der Waals surface area contributed by atoms with Gasteiger partial charge in [0.15, 0.2) is 0 Å². The van der Waals surface area contributed by atoms with Crippen molar-refractivity contribution in [3.63, 3.8) is 0 Å². The average Bonchev–Trinajstić information content (AvgIpc) is 2.76. The highest BCUT2D eigenvalue weighted by Crippen LogP contribution is 2.26. The van der Waals surface area contributed by atoms with Crippen LogP contribution in [0.2, 0.25) is 0 Å². The third-order valence-corrected chi connectivity index (χ3v) is 7.02. The van der Waals surface area contributed by atoms with Crippen LogP contribution in [0.3, 0.4) is 0 Å². The summed E-state index contributed by atoms with van der Waals surface area (Å²) in [6, 6.07) is -0.986. The number of carboxylic acid groups (broad SMARTS) is 1. The number of likely N-dealkylation sites (tertiary alicyclic amines) is 1. The Labute approximate surface area is 207 Å². The van der Waals surface area contributed by atoms with E-state index in [-0.39, 0.29) is 35.4 Å². The minimum absolute atomic E-state index is 0.0211. The lowest BCUT2D eigenvalue weighted by Gasteiger charge is -2.41. The van der Waals surface area contributed by atoms with Crippen LogP contribution < -0.4 is 5.32 Å². The summed E-state index contributed by atoms with van der Waals surface area (Å²) < 4.78 is 0. The van der Waals surface area contributed by atoms with Crippen molar-refractivity contribution in [3.8, 4) is 0 Å². The molecule has 1 fully saturated rings. The lowest BCUT2D eigenvalue weighted by molar-refractivity contribution is -0.142. The Morgan fingerprint density at radius 1 is 1.18 bits per heavy atom. The number of carbonyl (C=O) groups is 3. The number of hydrogen-bond acceptors (Lipinski definition) is 4. The first kappa shape index (κ1) is 30.1. The van der Waals surface area contributed by atoms with Gasteiger partial charge in [-0.25, -0.2) is 4.79 Å². The van der Waals surface area contributed by atoms with Crippen molar-refractivity contribution in [2.24, 2.45) is 11.3 Å². The highest BCUT2D eigenvalue weighted by Gasteiger charge is 2.40. The number of nitrogens with one attached hydrogen (secondary N) is 1. The molecule has 1 aliphatic rings. The van der Waals surface area contributed by atoms with Gasteiger partial charge in [0.1, 0.15) is 6.04 Å². The van der Waals surface area contributed by atoms with Crippen LogP contribution in [0.15, 0.2) is 11.6 Å². The van der Waals surface area contributed by atoms with Crippen LogP contribution in [0.1, 0.15) is 93.9 Å². The van der Waals surface area contributed by atoms with E-state index in [0.717, 1.165) is 45.1 Å². The van der Waals surface area contributed by atoms with E-state index < -0.39 is 17.4 Å². The third kappa shape index (κ3) is 8.40. The van der Waals surface area contributed by atoms with Crippen molar-refractivity contribution in [3.05, 3.63) is 11.6 Å². The Bertz CT molecular complexity index is 726. The zero-order chi connectivity index (χ0) is 26.2. The van der Waals surface area contributed by atoms with Gasteiger partial charge in [-0.05, 0) is 51.0 Å². The summed E-state index contributed by atoms with van der Waals surface area (Å²) in [5.41, 5.74) is -0.296. The summed E-state index contributed by atoms with van der Waals surface area (Å²) in [5.74, 6) is -1.26. The molecule has 0 radical (unpaired) electrons. The number of unbranched alkanes of at least 4 members (excludes halogenated alkanes) is 1. The second-order valence-electron chi connectivity index (χ2n) is 11.4. The van der Waals surface area contributed by atoms with Crippen LogP contribution in [-0.4, -0.2) is 70.4 Å². The number of likely N-dealkylation sites (N-methyl/N-ethyl adjacent to an activating group) is 1. The number of carbonyl (C=O) groups excluding carboxylic acids is 2. The molecule has 0 saturated carbocycles. The fraction of sp³-hybridized carbons (Fsp3) is 0.815. The van der Waals surface area contributed by atoms with E-state index in [1.54, 1.807) is 18.0 Å². The van der Waals surface area contributed by atoms with Crippen LogP contribution in [0, 0.1) is 11.3 Å². The predicted octanol–water partition coefficient (Wildman–Crippen LogP) is 4.46. The minimum atomic E-state index is -0.998. The number of hydrogen-bond donors (Lipinski definition) is 2. The fourth-order valence-corrected chi connectivity index (χ4v) is 4.74. The Hall–Kier alpha value is -1.89. The molecule has 7 nitrogen and oxygen atoms in total. The highest BCUT2D eigenvalue weighted by molar-refractivity contribution is 5.91. The van der Waals surface area contributed by atoms with Gasteiger partial charge in [-0.2, -0.15) is 0 Å². The normalized spacial score (nSPS) is 20.5. The van der Waals surface area contributed by atoms with Crippen molar-refractivity contribution >= 4 is 17.8 Å². The first-order valence-electron chi connectivity index (χ1n) is 13.0. The van der Waals surface area contributed by atoms with Crippen molar-refractivity contribution in [2.45, 2.75) is 118 Å². The molecule has 196 valence electrons. The van der Waals surface area contributed by atoms with Gasteiger partial charge >= 0.3 is 5.97 Å². The Balaban J connectivity index is 3.14. The summed E-state index contributed by atoms with van der Waals surface area (Å²) in [4.78, 5) is 42.5. The predicted molar refractivity (Wildman–Crippen MR) is 138 cm³/mol. The van der Waals surface area contributed by atoms with Gasteiger partial charge in [0.2, 0.25) is 11.8 Å². The van der Waals surface area contributed by atoms with E-state index in [1.165, 1.54) is 6.92 Å². The highest BCUT2D eigenvalue weighted by atomic mass is 16.4. The number of nitrogens with zero attached hydrogens (tertiary/aromatic N) is 2. The van der Waals surface area contributed by atoms with Gasteiger partial charge in [-0.3, -0.25) is 14.5 Å². The largest absolute Gasteiger partial charge is 0.478 e. The van der Waals surface area contributed by atoms with Crippen LogP contribution in [0.5, 0.6) is 0 Å². The van der Waals surface area contributed by atoms with Crippen molar-refractivity contribution in [1.82, 2.24) is 15.1 Å². The molecule has 0 spiro atoms. The zero-order valence-corrected chi connectivity index (χ0v) is 23.0. The van der Waals surface area contributed by atoms with Gasteiger partial charge in [0.05, 0.1) is 12.1 Å². The number of aliphatic carboxylic acids is 1. The average molecular weight is 480 g/mol. The van der Waals surface area contributed by atoms with Crippen molar-refractivity contribution in [1.29, 1.82) is 0 Å². The summed E-state index contributed by atoms with van der Waals surface area (Å²) >= 11 is 0. The molecule has 2 amide bonds. The smallest absolute Gasteiger partial charge is 0.331 e. The molecular formula is C27H49N3O4. The quantitative estimate of drug-likeness (QED) is 0.427. The Kier molecular flexibility index (Phi) is 11.8. The molecule has 0 aromatic rings.